The van der Waals surface area contributed by atoms with Gasteiger partial charge in [0.05, 0.1) is 7.11 Å². The Labute approximate surface area is 99.7 Å². The minimum Gasteiger partial charge on any atom is -0.479 e. The lowest BCUT2D eigenvalue weighted by Crippen LogP contribution is -1.98. The molecule has 0 amide bonds. The highest BCUT2D eigenvalue weighted by Crippen LogP contribution is 2.24. The Bertz CT molecular complexity index is 326. The van der Waals surface area contributed by atoms with E-state index in [0.29, 0.717) is 5.88 Å². The Morgan fingerprint density at radius 3 is 2.53 bits per heavy atom. The van der Waals surface area contributed by atoms with Crippen molar-refractivity contribution < 1.29 is 4.74 Å². The van der Waals surface area contributed by atoms with Crippen LogP contribution in [0.2, 0.25) is 0 Å². The maximum atomic E-state index is 5.08. The Morgan fingerprint density at radius 2 is 2.07 bits per heavy atom. The molecule has 1 rings (SSSR count). The van der Waals surface area contributed by atoms with Crippen LogP contribution in [0.15, 0.2) is 29.0 Å². The number of rotatable bonds is 3. The zero-order valence-corrected chi connectivity index (χ0v) is 11.2. The molecule has 84 valence electrons. The van der Waals surface area contributed by atoms with Gasteiger partial charge in [0.15, 0.2) is 0 Å². The molecule has 0 atom stereocenters. The highest BCUT2D eigenvalue weighted by molar-refractivity contribution is 9.10. The SMILES string of the molecule is C=C(C)Nc1ccc(Br)nc1OC.CC. The molecule has 4 heteroatoms. The van der Waals surface area contributed by atoms with Gasteiger partial charge in [-0.1, -0.05) is 20.4 Å². The van der Waals surface area contributed by atoms with Gasteiger partial charge in [0.2, 0.25) is 5.88 Å². The summed E-state index contributed by atoms with van der Waals surface area (Å²) in [5.74, 6) is 0.553. The minimum absolute atomic E-state index is 0.553. The minimum atomic E-state index is 0.553. The summed E-state index contributed by atoms with van der Waals surface area (Å²) in [5.41, 5.74) is 1.67. The number of hydrogen-bond donors (Lipinski definition) is 1. The molecule has 0 unspecified atom stereocenters. The normalized spacial score (nSPS) is 8.60. The van der Waals surface area contributed by atoms with Crippen molar-refractivity contribution in [1.82, 2.24) is 4.98 Å². The standard InChI is InChI=1S/C9H11BrN2O.C2H6/c1-6(2)11-7-4-5-8(10)12-9(7)13-3;1-2/h4-5,11H,1H2,2-3H3;1-2H3. The van der Waals surface area contributed by atoms with Gasteiger partial charge in [0.1, 0.15) is 10.3 Å². The first kappa shape index (κ1) is 14.0. The number of aromatic nitrogens is 1. The fraction of sp³-hybridized carbons (Fsp3) is 0.364. The number of nitrogens with one attached hydrogen (secondary N) is 1. The van der Waals surface area contributed by atoms with Crippen molar-refractivity contribution in [3.05, 3.63) is 29.0 Å². The number of anilines is 1. The van der Waals surface area contributed by atoms with Crippen molar-refractivity contribution in [2.24, 2.45) is 0 Å². The van der Waals surface area contributed by atoms with Gasteiger partial charge in [-0.15, -0.1) is 0 Å². The summed E-state index contributed by atoms with van der Waals surface area (Å²) in [6, 6.07) is 3.72. The zero-order chi connectivity index (χ0) is 11.8. The van der Waals surface area contributed by atoms with Gasteiger partial charge in [-0.25, -0.2) is 4.98 Å². The summed E-state index contributed by atoms with van der Waals surface area (Å²) in [4.78, 5) is 4.14. The molecule has 0 aliphatic heterocycles. The van der Waals surface area contributed by atoms with Crippen molar-refractivity contribution in [3.8, 4) is 5.88 Å². The second kappa shape index (κ2) is 7.29. The van der Waals surface area contributed by atoms with Gasteiger partial charge in [0, 0.05) is 5.70 Å². The zero-order valence-electron chi connectivity index (χ0n) is 9.60. The van der Waals surface area contributed by atoms with Crippen molar-refractivity contribution >= 4 is 21.6 Å². The smallest absolute Gasteiger partial charge is 0.238 e. The molecule has 1 N–H and O–H groups in total. The molecular weight excluding hydrogens is 256 g/mol. The highest BCUT2D eigenvalue weighted by atomic mass is 79.9. The summed E-state index contributed by atoms with van der Waals surface area (Å²) >= 11 is 3.26. The maximum Gasteiger partial charge on any atom is 0.238 e. The average molecular weight is 273 g/mol. The molecule has 1 heterocycles. The predicted octanol–water partition coefficient (Wildman–Crippen LogP) is 3.82. The average Bonchev–Trinajstić information content (AvgIpc) is 2.23. The molecule has 0 fully saturated rings. The number of hydrogen-bond acceptors (Lipinski definition) is 3. The Kier molecular flexibility index (Phi) is 6.79. The summed E-state index contributed by atoms with van der Waals surface area (Å²) in [6.07, 6.45) is 0. The lowest BCUT2D eigenvalue weighted by Gasteiger charge is -2.09. The molecule has 1 aromatic heterocycles. The Morgan fingerprint density at radius 1 is 1.47 bits per heavy atom. The van der Waals surface area contributed by atoms with Gasteiger partial charge in [0.25, 0.3) is 0 Å². The van der Waals surface area contributed by atoms with Crippen LogP contribution in [0.3, 0.4) is 0 Å². The van der Waals surface area contributed by atoms with Gasteiger partial charge < -0.3 is 10.1 Å². The molecular formula is C11H17BrN2O. The van der Waals surface area contributed by atoms with Crippen LogP contribution in [-0.4, -0.2) is 12.1 Å². The monoisotopic (exact) mass is 272 g/mol. The molecule has 0 radical (unpaired) electrons. The van der Waals surface area contributed by atoms with Crippen LogP contribution in [-0.2, 0) is 0 Å². The van der Waals surface area contributed by atoms with Crippen LogP contribution in [0.25, 0.3) is 0 Å². The Hall–Kier alpha value is -1.03. The van der Waals surface area contributed by atoms with E-state index >= 15 is 0 Å². The molecule has 0 aromatic carbocycles. The number of ether oxygens (including phenoxy) is 1. The van der Waals surface area contributed by atoms with E-state index < -0.39 is 0 Å². The fourth-order valence-electron chi connectivity index (χ4n) is 0.899. The molecule has 15 heavy (non-hydrogen) atoms. The maximum absolute atomic E-state index is 5.08. The number of nitrogens with zero attached hydrogens (tertiary/aromatic N) is 1. The summed E-state index contributed by atoms with van der Waals surface area (Å²) in [6.45, 7) is 9.62. The molecule has 0 aliphatic carbocycles. The van der Waals surface area contributed by atoms with E-state index in [4.69, 9.17) is 4.74 Å². The van der Waals surface area contributed by atoms with Gasteiger partial charge >= 0.3 is 0 Å². The van der Waals surface area contributed by atoms with Crippen molar-refractivity contribution in [1.29, 1.82) is 0 Å². The van der Waals surface area contributed by atoms with Crippen LogP contribution >= 0.6 is 15.9 Å². The second-order valence-electron chi connectivity index (χ2n) is 2.60. The third-order valence-electron chi connectivity index (χ3n) is 1.37. The van der Waals surface area contributed by atoms with E-state index in [1.807, 2.05) is 32.9 Å². The third kappa shape index (κ3) is 4.83. The van der Waals surface area contributed by atoms with Crippen LogP contribution in [0.1, 0.15) is 20.8 Å². The first-order valence-corrected chi connectivity index (χ1v) is 5.56. The van der Waals surface area contributed by atoms with E-state index in [-0.39, 0.29) is 0 Å². The number of methoxy groups -OCH3 is 1. The topological polar surface area (TPSA) is 34.2 Å². The van der Waals surface area contributed by atoms with Crippen LogP contribution in [0.4, 0.5) is 5.69 Å². The van der Waals surface area contributed by atoms with Crippen LogP contribution in [0.5, 0.6) is 5.88 Å². The summed E-state index contributed by atoms with van der Waals surface area (Å²) in [7, 11) is 1.58. The van der Waals surface area contributed by atoms with Crippen molar-refractivity contribution in [2.75, 3.05) is 12.4 Å². The number of pyridine rings is 1. The predicted molar refractivity (Wildman–Crippen MR) is 68.3 cm³/mol. The van der Waals surface area contributed by atoms with E-state index in [1.54, 1.807) is 7.11 Å². The first-order valence-electron chi connectivity index (χ1n) is 4.76. The van der Waals surface area contributed by atoms with Crippen LogP contribution < -0.4 is 10.1 Å². The van der Waals surface area contributed by atoms with E-state index in [2.05, 4.69) is 32.8 Å². The second-order valence-corrected chi connectivity index (χ2v) is 3.41. The first-order chi connectivity index (χ1) is 7.13. The lowest BCUT2D eigenvalue weighted by molar-refractivity contribution is 0.399. The molecule has 0 aliphatic rings. The summed E-state index contributed by atoms with van der Waals surface area (Å²) in [5, 5.41) is 3.05. The Balaban J connectivity index is 0.000000921. The van der Waals surface area contributed by atoms with E-state index in [1.165, 1.54) is 0 Å². The number of halogens is 1. The van der Waals surface area contributed by atoms with E-state index in [9.17, 15) is 0 Å². The molecule has 0 bridgehead atoms. The number of allylic oxidation sites excluding steroid dienone is 1. The summed E-state index contributed by atoms with van der Waals surface area (Å²) < 4.78 is 5.83. The van der Waals surface area contributed by atoms with Gasteiger partial charge in [-0.2, -0.15) is 0 Å². The fourth-order valence-corrected chi connectivity index (χ4v) is 1.19. The molecule has 0 saturated heterocycles. The molecule has 0 spiro atoms. The van der Waals surface area contributed by atoms with E-state index in [0.717, 1.165) is 16.0 Å². The van der Waals surface area contributed by atoms with Gasteiger partial charge in [-0.05, 0) is 35.0 Å². The third-order valence-corrected chi connectivity index (χ3v) is 1.81. The largest absolute Gasteiger partial charge is 0.479 e. The quantitative estimate of drug-likeness (QED) is 0.850. The highest BCUT2D eigenvalue weighted by Gasteiger charge is 2.03. The van der Waals surface area contributed by atoms with Crippen LogP contribution in [0, 0.1) is 0 Å². The van der Waals surface area contributed by atoms with Crippen molar-refractivity contribution in [2.45, 2.75) is 20.8 Å². The molecule has 3 nitrogen and oxygen atoms in total. The van der Waals surface area contributed by atoms with Gasteiger partial charge in [-0.3, -0.25) is 0 Å². The molecule has 0 saturated carbocycles. The molecule has 1 aromatic rings. The van der Waals surface area contributed by atoms with Crippen molar-refractivity contribution in [3.63, 3.8) is 0 Å². The lowest BCUT2D eigenvalue weighted by atomic mass is 10.4.